The van der Waals surface area contributed by atoms with Crippen LogP contribution in [-0.4, -0.2) is 44.9 Å². The number of hydrogen-bond donors (Lipinski definition) is 0. The van der Waals surface area contributed by atoms with Crippen LogP contribution in [0.2, 0.25) is 0 Å². The van der Waals surface area contributed by atoms with Gasteiger partial charge < -0.3 is 0 Å². The summed E-state index contributed by atoms with van der Waals surface area (Å²) in [4.78, 5) is 45.6. The molecule has 26 aromatic rings. The molecule has 140 heavy (non-hydrogen) atoms. The fourth-order valence-corrected chi connectivity index (χ4v) is 19.4. The Morgan fingerprint density at radius 1 is 0.0857 bits per heavy atom. The molecule has 0 N–H and O–H groups in total. The maximum atomic E-state index is 5.15. The lowest BCUT2D eigenvalue weighted by molar-refractivity contribution is 1.07. The Balaban J connectivity index is 0.000000114. The summed E-state index contributed by atoms with van der Waals surface area (Å²) in [6.07, 6.45) is 0. The molecule has 0 amide bonds. The number of benzene rings is 23. The maximum Gasteiger partial charge on any atom is 0.164 e. The van der Waals surface area contributed by atoms with Gasteiger partial charge in [-0.05, 0) is 189 Å². The number of fused-ring (bicyclic) bond motifs is 11. The molecule has 0 radical (unpaired) electrons. The van der Waals surface area contributed by atoms with Crippen molar-refractivity contribution >= 4 is 86.2 Å². The lowest BCUT2D eigenvalue weighted by Crippen LogP contribution is -2.01. The second-order valence-electron chi connectivity index (χ2n) is 35.0. The molecule has 0 unspecified atom stereocenters. The van der Waals surface area contributed by atoms with Crippen LogP contribution in [0.3, 0.4) is 0 Å². The van der Waals surface area contributed by atoms with Gasteiger partial charge in [-0.3, -0.25) is 0 Å². The van der Waals surface area contributed by atoms with Crippen LogP contribution in [0.1, 0.15) is 0 Å². The maximum absolute atomic E-state index is 5.15. The van der Waals surface area contributed by atoms with Gasteiger partial charge in [0, 0.05) is 50.1 Å². The first-order valence-electron chi connectivity index (χ1n) is 47.2. The Bertz CT molecular complexity index is 8960. The van der Waals surface area contributed by atoms with Gasteiger partial charge in [-0.2, -0.15) is 0 Å². The first kappa shape index (κ1) is 84.2. The van der Waals surface area contributed by atoms with Gasteiger partial charge in [0.2, 0.25) is 0 Å². The van der Waals surface area contributed by atoms with Gasteiger partial charge >= 0.3 is 0 Å². The molecule has 0 atom stereocenters. The second-order valence-corrected chi connectivity index (χ2v) is 35.0. The van der Waals surface area contributed by atoms with Crippen molar-refractivity contribution in [3.05, 3.63) is 516 Å². The minimum Gasteiger partial charge on any atom is -0.208 e. The fourth-order valence-electron chi connectivity index (χ4n) is 19.4. The molecule has 26 rings (SSSR count). The Morgan fingerprint density at radius 3 is 0.650 bits per heavy atom. The van der Waals surface area contributed by atoms with Crippen LogP contribution in [0.5, 0.6) is 0 Å². The molecular weight excluding hydrogens is 1700 g/mol. The monoisotopic (exact) mass is 1780 g/mol. The molecule has 3 aromatic heterocycles. The van der Waals surface area contributed by atoms with E-state index in [-0.39, 0.29) is 0 Å². The third kappa shape index (κ3) is 17.0. The number of aromatic nitrogens is 9. The molecule has 0 saturated carbocycles. The highest BCUT2D eigenvalue weighted by Crippen LogP contribution is 2.44. The van der Waals surface area contributed by atoms with Crippen LogP contribution < -0.4 is 0 Å². The zero-order valence-corrected chi connectivity index (χ0v) is 76.1. The van der Waals surface area contributed by atoms with Crippen molar-refractivity contribution in [2.75, 3.05) is 0 Å². The summed E-state index contributed by atoms with van der Waals surface area (Å²) in [5, 5.41) is 19.3. The minimum absolute atomic E-state index is 0.635. The van der Waals surface area contributed by atoms with Gasteiger partial charge in [0.15, 0.2) is 52.4 Å². The summed E-state index contributed by atoms with van der Waals surface area (Å²) < 4.78 is 0. The van der Waals surface area contributed by atoms with E-state index in [1.165, 1.54) is 98.0 Å². The SMILES string of the molecule is c1ccc(-c2ccc(-c3nc(-c4ccc(-c5ccccc5)cc4)nc(-c4ccc(-c5cc6ccccc6c6ccccc56)cc4)n3)cc2)cc1.c1ccc(-c2ccc(-c3nc(-c4cccc5ccccc45)nc(-c4cc5ccccc5c5ccccc45)n3)cc2)cc1.c1ccc(-c2nc(-c3ccccc3)nc(-c3cc(-c4cccc5ccccc45)cc(-c4cc5ccccc5c5ccccc45)c3)n2)cc1. The second kappa shape index (κ2) is 37.6. The zero-order valence-electron chi connectivity index (χ0n) is 76.1. The van der Waals surface area contributed by atoms with E-state index >= 15 is 0 Å². The van der Waals surface area contributed by atoms with E-state index in [0.717, 1.165) is 105 Å². The van der Waals surface area contributed by atoms with E-state index < -0.39 is 0 Å². The molecule has 0 fully saturated rings. The predicted molar refractivity (Wildman–Crippen MR) is 581 cm³/mol. The highest BCUT2D eigenvalue weighted by molar-refractivity contribution is 6.17. The van der Waals surface area contributed by atoms with E-state index in [4.69, 9.17) is 44.9 Å². The highest BCUT2D eigenvalue weighted by atomic mass is 15.1. The lowest BCUT2D eigenvalue weighted by Gasteiger charge is -2.16. The van der Waals surface area contributed by atoms with Crippen molar-refractivity contribution in [2.45, 2.75) is 0 Å². The van der Waals surface area contributed by atoms with Crippen molar-refractivity contribution in [3.8, 4) is 169 Å². The van der Waals surface area contributed by atoms with Crippen LogP contribution in [0.4, 0.5) is 0 Å². The first-order valence-corrected chi connectivity index (χ1v) is 47.2. The molecule has 3 heterocycles. The summed E-state index contributed by atoms with van der Waals surface area (Å²) in [5.74, 6) is 5.83. The van der Waals surface area contributed by atoms with Gasteiger partial charge in [0.05, 0.1) is 0 Å². The zero-order chi connectivity index (χ0) is 93.0. The van der Waals surface area contributed by atoms with Gasteiger partial charge in [0.25, 0.3) is 0 Å². The van der Waals surface area contributed by atoms with Crippen molar-refractivity contribution in [3.63, 3.8) is 0 Å². The van der Waals surface area contributed by atoms with Crippen LogP contribution in [0.15, 0.2) is 516 Å². The molecule has 0 bridgehead atoms. The number of nitrogens with zero attached hydrogens (tertiary/aromatic N) is 9. The molecular formula is C131H85N9. The van der Waals surface area contributed by atoms with E-state index in [2.05, 4.69) is 437 Å². The molecule has 9 nitrogen and oxygen atoms in total. The lowest BCUT2D eigenvalue weighted by atomic mass is 9.89. The summed E-state index contributed by atoms with van der Waals surface area (Å²) in [6, 6.07) is 180. The van der Waals surface area contributed by atoms with Crippen LogP contribution in [0, 0.1) is 0 Å². The Hall–Kier alpha value is -18.8. The van der Waals surface area contributed by atoms with Crippen LogP contribution in [-0.2, 0) is 0 Å². The van der Waals surface area contributed by atoms with Gasteiger partial charge in [-0.15, -0.1) is 0 Å². The first-order chi connectivity index (χ1) is 69.4. The summed E-state index contributed by atoms with van der Waals surface area (Å²) in [5.41, 5.74) is 22.5. The number of hydrogen-bond acceptors (Lipinski definition) is 9. The topological polar surface area (TPSA) is 116 Å². The number of rotatable bonds is 15. The van der Waals surface area contributed by atoms with E-state index in [0.29, 0.717) is 52.4 Å². The van der Waals surface area contributed by atoms with Crippen molar-refractivity contribution in [2.24, 2.45) is 0 Å². The van der Waals surface area contributed by atoms with Crippen LogP contribution in [0.25, 0.3) is 255 Å². The summed E-state index contributed by atoms with van der Waals surface area (Å²) in [7, 11) is 0. The Kier molecular flexibility index (Phi) is 22.6. The van der Waals surface area contributed by atoms with Crippen molar-refractivity contribution in [1.29, 1.82) is 0 Å². The molecule has 0 aliphatic heterocycles. The largest absolute Gasteiger partial charge is 0.208 e. The molecule has 0 aliphatic rings. The Morgan fingerprint density at radius 2 is 0.286 bits per heavy atom. The minimum atomic E-state index is 0.635. The molecule has 0 aliphatic carbocycles. The van der Waals surface area contributed by atoms with Gasteiger partial charge in [-0.25, -0.2) is 44.9 Å². The molecule has 0 saturated heterocycles. The highest BCUT2D eigenvalue weighted by Gasteiger charge is 2.23. The van der Waals surface area contributed by atoms with E-state index in [1.807, 2.05) is 78.9 Å². The quantitative estimate of drug-likeness (QED) is 0.0925. The standard InChI is InChI=1S/C47H31N3.C45H29N3.C39H25N3/c1-3-11-32(12-4-1)34-19-25-37(26-20-34)45-48-46(38-27-21-35(22-28-38)33-13-5-2-6-14-33)50-47(49-45)39-29-23-36(24-30-39)44-31-40-15-7-8-16-41(40)42-17-9-10-18-43(42)44;1-3-15-31(16-4-1)43-46-44(32-17-5-2-6-18-32)48-45(47-43)36-27-34(39-25-13-20-30-14-7-9-21-37(30)39)26-35(28-36)42-29-33-19-8-10-22-38(33)40-23-11-12-24-41(40)42;1-2-11-26(12-3-1)27-21-23-29(24-22-27)37-40-38(35-20-10-15-28-13-4-6-16-31(28)35)42-39(41-37)36-25-30-14-5-7-17-32(30)33-18-8-9-19-34(33)36/h1-31H;1-29H;1-25H. The molecule has 654 valence electrons. The molecule has 0 spiro atoms. The van der Waals surface area contributed by atoms with Crippen molar-refractivity contribution in [1.82, 2.24) is 44.9 Å². The molecule has 23 aromatic carbocycles. The summed E-state index contributed by atoms with van der Waals surface area (Å²) in [6.45, 7) is 0. The average Bonchev–Trinajstić information content (AvgIpc) is 0.772. The Labute approximate surface area is 810 Å². The van der Waals surface area contributed by atoms with Crippen molar-refractivity contribution < 1.29 is 0 Å². The van der Waals surface area contributed by atoms with Crippen LogP contribution >= 0.6 is 0 Å². The van der Waals surface area contributed by atoms with E-state index in [1.54, 1.807) is 0 Å². The van der Waals surface area contributed by atoms with E-state index in [9.17, 15) is 0 Å². The third-order valence-electron chi connectivity index (χ3n) is 26.4. The molecule has 9 heteroatoms. The van der Waals surface area contributed by atoms with Gasteiger partial charge in [-0.1, -0.05) is 479 Å². The smallest absolute Gasteiger partial charge is 0.164 e. The average molecular weight is 1790 g/mol. The fraction of sp³-hybridized carbons (Fsp3) is 0. The van der Waals surface area contributed by atoms with Gasteiger partial charge in [0.1, 0.15) is 0 Å². The third-order valence-corrected chi connectivity index (χ3v) is 26.4. The summed E-state index contributed by atoms with van der Waals surface area (Å²) >= 11 is 0. The predicted octanol–water partition coefficient (Wildman–Crippen LogP) is 33.8. The normalized spacial score (nSPS) is 11.3.